The fraction of sp³-hybridized carbons (Fsp3) is 0.667. The number of likely N-dealkylation sites (N-methyl/N-ethyl adjacent to an activating group) is 1. The topological polar surface area (TPSA) is 56.7 Å². The maximum Gasteiger partial charge on any atom is 0.317 e. The van der Waals surface area contributed by atoms with Crippen molar-refractivity contribution in [2.24, 2.45) is 0 Å². The Balaban J connectivity index is 2.62. The van der Waals surface area contributed by atoms with Gasteiger partial charge < -0.3 is 10.0 Å². The Labute approximate surface area is 112 Å². The van der Waals surface area contributed by atoms with Crippen LogP contribution in [0.15, 0.2) is 0 Å². The lowest BCUT2D eigenvalue weighted by Crippen LogP contribution is -2.35. The summed E-state index contributed by atoms with van der Waals surface area (Å²) in [5.74, 6) is -0.793. The van der Waals surface area contributed by atoms with Crippen molar-refractivity contribution < 1.29 is 9.90 Å². The van der Waals surface area contributed by atoms with Gasteiger partial charge in [-0.05, 0) is 27.9 Å². The van der Waals surface area contributed by atoms with E-state index in [0.29, 0.717) is 6.54 Å². The van der Waals surface area contributed by atoms with Gasteiger partial charge in [0.15, 0.2) is 0 Å². The van der Waals surface area contributed by atoms with Crippen molar-refractivity contribution >= 4 is 17.3 Å². The van der Waals surface area contributed by atoms with Crippen LogP contribution in [0.4, 0.5) is 0 Å². The highest BCUT2D eigenvalue weighted by molar-refractivity contribution is 7.11. The molecular weight excluding hydrogens is 250 g/mol. The molecule has 0 aliphatic heterocycles. The second kappa shape index (κ2) is 6.82. The molecule has 0 bridgehead atoms. The van der Waals surface area contributed by atoms with Gasteiger partial charge in [0.2, 0.25) is 0 Å². The highest BCUT2D eigenvalue weighted by Gasteiger charge is 2.13. The second-order valence-electron chi connectivity index (χ2n) is 4.66. The third-order valence-corrected chi connectivity index (χ3v) is 3.71. The van der Waals surface area contributed by atoms with E-state index in [4.69, 9.17) is 5.11 Å². The lowest BCUT2D eigenvalue weighted by molar-refractivity contribution is -0.138. The molecule has 0 radical (unpaired) electrons. The maximum atomic E-state index is 10.8. The van der Waals surface area contributed by atoms with Crippen molar-refractivity contribution in [3.63, 3.8) is 0 Å². The molecular formula is C12H21N3O2S. The Morgan fingerprint density at radius 2 is 2.00 bits per heavy atom. The third-order valence-electron chi connectivity index (χ3n) is 2.65. The molecule has 0 aliphatic rings. The molecule has 0 spiro atoms. The number of hydrogen-bond acceptors (Lipinski definition) is 5. The van der Waals surface area contributed by atoms with Crippen molar-refractivity contribution in [2.75, 3.05) is 33.7 Å². The molecule has 1 aromatic heterocycles. The van der Waals surface area contributed by atoms with Gasteiger partial charge in [0.1, 0.15) is 5.01 Å². The third kappa shape index (κ3) is 5.12. The Bertz CT molecular complexity index is 385. The summed E-state index contributed by atoms with van der Waals surface area (Å²) >= 11 is 1.64. The highest BCUT2D eigenvalue weighted by Crippen LogP contribution is 2.17. The summed E-state index contributed by atoms with van der Waals surface area (Å²) in [7, 11) is 3.97. The van der Waals surface area contributed by atoms with Gasteiger partial charge >= 0.3 is 5.97 Å². The van der Waals surface area contributed by atoms with Crippen LogP contribution in [0, 0.1) is 13.8 Å². The van der Waals surface area contributed by atoms with E-state index in [-0.39, 0.29) is 6.54 Å². The maximum absolute atomic E-state index is 10.8. The summed E-state index contributed by atoms with van der Waals surface area (Å²) < 4.78 is 0. The molecule has 1 N–H and O–H groups in total. The zero-order chi connectivity index (χ0) is 13.7. The van der Waals surface area contributed by atoms with Crippen molar-refractivity contribution in [1.82, 2.24) is 14.8 Å². The van der Waals surface area contributed by atoms with E-state index in [2.05, 4.69) is 4.98 Å². The van der Waals surface area contributed by atoms with E-state index >= 15 is 0 Å². The molecule has 0 aromatic carbocycles. The van der Waals surface area contributed by atoms with E-state index in [9.17, 15) is 4.79 Å². The number of carboxylic acid groups (broad SMARTS) is 1. The molecule has 102 valence electrons. The molecule has 0 saturated carbocycles. The summed E-state index contributed by atoms with van der Waals surface area (Å²) in [6.45, 7) is 6.27. The first-order valence-electron chi connectivity index (χ1n) is 5.90. The number of carboxylic acids is 1. The molecule has 0 unspecified atom stereocenters. The zero-order valence-electron chi connectivity index (χ0n) is 11.4. The van der Waals surface area contributed by atoms with Gasteiger partial charge in [0.05, 0.1) is 18.8 Å². The van der Waals surface area contributed by atoms with Gasteiger partial charge in [0, 0.05) is 18.0 Å². The van der Waals surface area contributed by atoms with E-state index < -0.39 is 5.97 Å². The number of rotatable bonds is 7. The number of carbonyl (C=O) groups is 1. The van der Waals surface area contributed by atoms with Gasteiger partial charge in [-0.3, -0.25) is 9.69 Å². The first kappa shape index (κ1) is 15.1. The summed E-state index contributed by atoms with van der Waals surface area (Å²) in [6, 6.07) is 0. The number of aryl methyl sites for hydroxylation is 2. The van der Waals surface area contributed by atoms with Crippen LogP contribution < -0.4 is 0 Å². The molecule has 1 heterocycles. The van der Waals surface area contributed by atoms with Crippen molar-refractivity contribution in [1.29, 1.82) is 0 Å². The Morgan fingerprint density at radius 1 is 1.33 bits per heavy atom. The summed E-state index contributed by atoms with van der Waals surface area (Å²) in [4.78, 5) is 20.5. The predicted molar refractivity (Wildman–Crippen MR) is 73.1 cm³/mol. The lowest BCUT2D eigenvalue weighted by atomic mass is 10.4. The minimum absolute atomic E-state index is 0.0610. The zero-order valence-corrected chi connectivity index (χ0v) is 12.3. The quantitative estimate of drug-likeness (QED) is 0.808. The van der Waals surface area contributed by atoms with Crippen LogP contribution in [0.25, 0.3) is 0 Å². The lowest BCUT2D eigenvalue weighted by Gasteiger charge is -2.21. The molecule has 0 amide bonds. The molecule has 6 heteroatoms. The van der Waals surface area contributed by atoms with Gasteiger partial charge in [0.25, 0.3) is 0 Å². The molecule has 0 fully saturated rings. The summed E-state index contributed by atoms with van der Waals surface area (Å²) in [6.07, 6.45) is 0. The van der Waals surface area contributed by atoms with E-state index in [1.165, 1.54) is 4.88 Å². The summed E-state index contributed by atoms with van der Waals surface area (Å²) in [5, 5.41) is 9.91. The van der Waals surface area contributed by atoms with Crippen LogP contribution in [0.3, 0.4) is 0 Å². The summed E-state index contributed by atoms with van der Waals surface area (Å²) in [5.41, 5.74) is 1.04. The molecule has 1 aromatic rings. The van der Waals surface area contributed by atoms with Gasteiger partial charge in [-0.1, -0.05) is 0 Å². The molecule has 0 atom stereocenters. The number of aliphatic carboxylic acids is 1. The fourth-order valence-corrected chi connectivity index (χ4v) is 2.52. The molecule has 1 rings (SSSR count). The minimum atomic E-state index is -0.793. The smallest absolute Gasteiger partial charge is 0.317 e. The van der Waals surface area contributed by atoms with E-state index in [0.717, 1.165) is 23.8 Å². The van der Waals surface area contributed by atoms with Crippen LogP contribution in [0.2, 0.25) is 0 Å². The van der Waals surface area contributed by atoms with Crippen molar-refractivity contribution in [3.8, 4) is 0 Å². The van der Waals surface area contributed by atoms with Crippen molar-refractivity contribution in [2.45, 2.75) is 20.4 Å². The molecule has 18 heavy (non-hydrogen) atoms. The Kier molecular flexibility index (Phi) is 5.71. The number of thiazole rings is 1. The van der Waals surface area contributed by atoms with E-state index in [1.54, 1.807) is 11.3 Å². The number of hydrogen-bond donors (Lipinski definition) is 1. The predicted octanol–water partition coefficient (Wildman–Crippen LogP) is 1.21. The molecule has 0 saturated heterocycles. The first-order chi connectivity index (χ1) is 8.38. The van der Waals surface area contributed by atoms with E-state index in [1.807, 2.05) is 37.7 Å². The number of aromatic nitrogens is 1. The highest BCUT2D eigenvalue weighted by atomic mass is 32.1. The number of nitrogens with zero attached hydrogens (tertiary/aromatic N) is 3. The van der Waals surface area contributed by atoms with Gasteiger partial charge in [-0.15, -0.1) is 11.3 Å². The average Bonchev–Trinajstić information content (AvgIpc) is 2.54. The SMILES string of the molecule is Cc1nc(CN(CCN(C)C)CC(=O)O)sc1C. The standard InChI is InChI=1S/C12H21N3O2S/c1-9-10(2)18-11(13-9)7-15(8-12(16)17)6-5-14(3)4/h5-8H2,1-4H3,(H,16,17). The van der Waals surface area contributed by atoms with Gasteiger partial charge in [-0.2, -0.15) is 0 Å². The second-order valence-corrected chi connectivity index (χ2v) is 5.94. The Hall–Kier alpha value is -0.980. The van der Waals surface area contributed by atoms with Gasteiger partial charge in [-0.25, -0.2) is 4.98 Å². The first-order valence-corrected chi connectivity index (χ1v) is 6.72. The fourth-order valence-electron chi connectivity index (χ4n) is 1.54. The minimum Gasteiger partial charge on any atom is -0.480 e. The monoisotopic (exact) mass is 271 g/mol. The Morgan fingerprint density at radius 3 is 2.44 bits per heavy atom. The van der Waals surface area contributed by atoms with Crippen LogP contribution in [0.1, 0.15) is 15.6 Å². The molecule has 5 nitrogen and oxygen atoms in total. The van der Waals surface area contributed by atoms with Crippen LogP contribution in [-0.4, -0.2) is 59.6 Å². The van der Waals surface area contributed by atoms with Crippen LogP contribution in [-0.2, 0) is 11.3 Å². The largest absolute Gasteiger partial charge is 0.480 e. The average molecular weight is 271 g/mol. The van der Waals surface area contributed by atoms with Crippen LogP contribution >= 0.6 is 11.3 Å². The van der Waals surface area contributed by atoms with Crippen molar-refractivity contribution in [3.05, 3.63) is 15.6 Å². The van der Waals surface area contributed by atoms with Crippen LogP contribution in [0.5, 0.6) is 0 Å². The molecule has 0 aliphatic carbocycles. The normalized spacial score (nSPS) is 11.4.